The average Bonchev–Trinajstić information content (AvgIpc) is 2.86. The molecule has 4 heteroatoms. The fraction of sp³-hybridized carbons (Fsp3) is 0.500. The molecule has 2 aromatic rings. The Balaban J connectivity index is 2.50. The number of aromatic nitrogens is 2. The van der Waals surface area contributed by atoms with E-state index in [0.29, 0.717) is 5.92 Å². The molecule has 0 aliphatic heterocycles. The molecule has 0 atom stereocenters. The standard InChI is InChI=1S/C16H23N3S/c1-6-12-8-9-13(20-12)15-18-11(5)14(10(3)4)16(19-15)17-7-2/h8-10H,6-7H2,1-5H3,(H,17,18,19). The minimum absolute atomic E-state index is 0.424. The van der Waals surface area contributed by atoms with Gasteiger partial charge in [-0.05, 0) is 38.3 Å². The highest BCUT2D eigenvalue weighted by molar-refractivity contribution is 7.15. The molecule has 1 N–H and O–H groups in total. The molecule has 0 spiro atoms. The largest absolute Gasteiger partial charge is 0.370 e. The van der Waals surface area contributed by atoms with E-state index >= 15 is 0 Å². The van der Waals surface area contributed by atoms with Crippen LogP contribution in [-0.4, -0.2) is 16.5 Å². The molecule has 0 aliphatic carbocycles. The summed E-state index contributed by atoms with van der Waals surface area (Å²) in [4.78, 5) is 12.0. The van der Waals surface area contributed by atoms with Crippen molar-refractivity contribution < 1.29 is 0 Å². The van der Waals surface area contributed by atoms with Gasteiger partial charge in [-0.1, -0.05) is 20.8 Å². The number of thiophene rings is 1. The van der Waals surface area contributed by atoms with E-state index in [9.17, 15) is 0 Å². The van der Waals surface area contributed by atoms with Gasteiger partial charge >= 0.3 is 0 Å². The van der Waals surface area contributed by atoms with Crippen molar-refractivity contribution in [2.24, 2.45) is 0 Å². The molecular weight excluding hydrogens is 266 g/mol. The number of rotatable bonds is 5. The Morgan fingerprint density at radius 3 is 2.50 bits per heavy atom. The van der Waals surface area contributed by atoms with Crippen LogP contribution in [0.5, 0.6) is 0 Å². The molecule has 0 unspecified atom stereocenters. The van der Waals surface area contributed by atoms with E-state index in [1.54, 1.807) is 11.3 Å². The SMILES string of the molecule is CCNc1nc(-c2ccc(CC)s2)nc(C)c1C(C)C. The highest BCUT2D eigenvalue weighted by Gasteiger charge is 2.16. The van der Waals surface area contributed by atoms with Crippen molar-refractivity contribution in [3.63, 3.8) is 0 Å². The van der Waals surface area contributed by atoms with Crippen molar-refractivity contribution in [2.45, 2.75) is 47.0 Å². The zero-order valence-corrected chi connectivity index (χ0v) is 13.8. The second kappa shape index (κ2) is 6.35. The zero-order chi connectivity index (χ0) is 14.7. The van der Waals surface area contributed by atoms with Gasteiger partial charge in [-0.2, -0.15) is 0 Å². The molecule has 0 saturated carbocycles. The number of aryl methyl sites for hydroxylation is 2. The lowest BCUT2D eigenvalue weighted by Gasteiger charge is -2.16. The molecule has 0 aromatic carbocycles. The van der Waals surface area contributed by atoms with Crippen molar-refractivity contribution in [3.05, 3.63) is 28.3 Å². The summed E-state index contributed by atoms with van der Waals surface area (Å²) in [6.07, 6.45) is 1.06. The van der Waals surface area contributed by atoms with E-state index < -0.39 is 0 Å². The molecule has 108 valence electrons. The van der Waals surface area contributed by atoms with Crippen LogP contribution in [0.15, 0.2) is 12.1 Å². The normalized spacial score (nSPS) is 11.1. The topological polar surface area (TPSA) is 37.8 Å². The molecular formula is C16H23N3S. The Bertz CT molecular complexity index is 587. The monoisotopic (exact) mass is 289 g/mol. The van der Waals surface area contributed by atoms with Crippen LogP contribution in [0.2, 0.25) is 0 Å². The highest BCUT2D eigenvalue weighted by atomic mass is 32.1. The average molecular weight is 289 g/mol. The summed E-state index contributed by atoms with van der Waals surface area (Å²) < 4.78 is 0. The quantitative estimate of drug-likeness (QED) is 0.872. The van der Waals surface area contributed by atoms with Gasteiger partial charge in [0.2, 0.25) is 0 Å². The van der Waals surface area contributed by atoms with E-state index in [0.717, 1.165) is 35.2 Å². The number of hydrogen-bond donors (Lipinski definition) is 1. The molecule has 0 aliphatic rings. The molecule has 2 heterocycles. The van der Waals surface area contributed by atoms with Gasteiger partial charge in [-0.3, -0.25) is 0 Å². The Morgan fingerprint density at radius 1 is 1.20 bits per heavy atom. The first-order chi connectivity index (χ1) is 9.56. The Hall–Kier alpha value is -1.42. The number of nitrogens with zero attached hydrogens (tertiary/aromatic N) is 2. The van der Waals surface area contributed by atoms with E-state index in [4.69, 9.17) is 9.97 Å². The van der Waals surface area contributed by atoms with E-state index in [1.165, 1.54) is 10.4 Å². The minimum Gasteiger partial charge on any atom is -0.370 e. The van der Waals surface area contributed by atoms with Crippen LogP contribution in [0.4, 0.5) is 5.82 Å². The van der Waals surface area contributed by atoms with Gasteiger partial charge in [0.25, 0.3) is 0 Å². The summed E-state index contributed by atoms with van der Waals surface area (Å²) >= 11 is 1.78. The lowest BCUT2D eigenvalue weighted by Crippen LogP contribution is -2.09. The highest BCUT2D eigenvalue weighted by Crippen LogP contribution is 2.31. The molecule has 0 bridgehead atoms. The van der Waals surface area contributed by atoms with Crippen LogP contribution in [0.3, 0.4) is 0 Å². The predicted molar refractivity (Wildman–Crippen MR) is 87.7 cm³/mol. The third-order valence-electron chi connectivity index (χ3n) is 3.29. The lowest BCUT2D eigenvalue weighted by molar-refractivity contribution is 0.831. The predicted octanol–water partition coefficient (Wildman–Crippen LogP) is 4.63. The molecule has 0 radical (unpaired) electrons. The molecule has 0 saturated heterocycles. The van der Waals surface area contributed by atoms with Crippen LogP contribution in [0.1, 0.15) is 49.7 Å². The van der Waals surface area contributed by atoms with E-state index in [2.05, 4.69) is 52.1 Å². The minimum atomic E-state index is 0.424. The Labute approximate surface area is 125 Å². The maximum Gasteiger partial charge on any atom is 0.171 e. The number of nitrogens with one attached hydrogen (secondary N) is 1. The first kappa shape index (κ1) is 15.0. The third-order valence-corrected chi connectivity index (χ3v) is 4.51. The Morgan fingerprint density at radius 2 is 1.95 bits per heavy atom. The van der Waals surface area contributed by atoms with E-state index in [1.807, 2.05) is 0 Å². The first-order valence-electron chi connectivity index (χ1n) is 7.28. The molecule has 2 aromatic heterocycles. The summed E-state index contributed by atoms with van der Waals surface area (Å²) in [5.41, 5.74) is 2.30. The molecule has 0 fully saturated rings. The summed E-state index contributed by atoms with van der Waals surface area (Å²) in [5.74, 6) is 2.25. The molecule has 2 rings (SSSR count). The number of hydrogen-bond acceptors (Lipinski definition) is 4. The third kappa shape index (κ3) is 3.01. The van der Waals surface area contributed by atoms with Crippen molar-refractivity contribution in [2.75, 3.05) is 11.9 Å². The van der Waals surface area contributed by atoms with Gasteiger partial charge in [-0.15, -0.1) is 11.3 Å². The smallest absolute Gasteiger partial charge is 0.171 e. The van der Waals surface area contributed by atoms with Gasteiger partial charge in [0, 0.05) is 22.7 Å². The molecule has 0 amide bonds. The van der Waals surface area contributed by atoms with Crippen molar-refractivity contribution in [1.82, 2.24) is 9.97 Å². The van der Waals surface area contributed by atoms with Gasteiger partial charge in [0.15, 0.2) is 5.82 Å². The maximum absolute atomic E-state index is 4.75. The first-order valence-corrected chi connectivity index (χ1v) is 8.09. The fourth-order valence-electron chi connectivity index (χ4n) is 2.37. The Kier molecular flexibility index (Phi) is 4.76. The summed E-state index contributed by atoms with van der Waals surface area (Å²) in [7, 11) is 0. The van der Waals surface area contributed by atoms with Gasteiger partial charge < -0.3 is 5.32 Å². The van der Waals surface area contributed by atoms with Gasteiger partial charge in [0.1, 0.15) is 5.82 Å². The second-order valence-corrected chi connectivity index (χ2v) is 6.37. The van der Waals surface area contributed by atoms with Gasteiger partial charge in [0.05, 0.1) is 4.88 Å². The van der Waals surface area contributed by atoms with Crippen LogP contribution >= 0.6 is 11.3 Å². The molecule has 3 nitrogen and oxygen atoms in total. The van der Waals surface area contributed by atoms with Crippen LogP contribution in [0.25, 0.3) is 10.7 Å². The zero-order valence-electron chi connectivity index (χ0n) is 12.9. The lowest BCUT2D eigenvalue weighted by atomic mass is 10.0. The van der Waals surface area contributed by atoms with Crippen molar-refractivity contribution >= 4 is 17.2 Å². The summed E-state index contributed by atoms with van der Waals surface area (Å²) in [6.45, 7) is 11.6. The van der Waals surface area contributed by atoms with Gasteiger partial charge in [-0.25, -0.2) is 9.97 Å². The molecule has 20 heavy (non-hydrogen) atoms. The van der Waals surface area contributed by atoms with Crippen LogP contribution < -0.4 is 5.32 Å². The maximum atomic E-state index is 4.75. The van der Waals surface area contributed by atoms with Crippen molar-refractivity contribution in [3.8, 4) is 10.7 Å². The van der Waals surface area contributed by atoms with Crippen LogP contribution in [-0.2, 0) is 6.42 Å². The van der Waals surface area contributed by atoms with E-state index in [-0.39, 0.29) is 0 Å². The fourth-order valence-corrected chi connectivity index (χ4v) is 3.25. The second-order valence-electron chi connectivity index (χ2n) is 5.20. The van der Waals surface area contributed by atoms with Crippen molar-refractivity contribution in [1.29, 1.82) is 0 Å². The summed E-state index contributed by atoms with van der Waals surface area (Å²) in [6, 6.07) is 4.30. The number of anilines is 1. The summed E-state index contributed by atoms with van der Waals surface area (Å²) in [5, 5.41) is 3.38. The van der Waals surface area contributed by atoms with Crippen LogP contribution in [0, 0.1) is 6.92 Å².